The van der Waals surface area contributed by atoms with Gasteiger partial charge in [0.05, 0.1) is 0 Å². The number of nitrogens with one attached hydrogen (secondary N) is 2. The van der Waals surface area contributed by atoms with E-state index in [0.717, 1.165) is 0 Å². The van der Waals surface area contributed by atoms with E-state index in [9.17, 15) is 22.6 Å². The Labute approximate surface area is 116 Å². The molecule has 116 valence electrons. The summed E-state index contributed by atoms with van der Waals surface area (Å²) in [4.78, 5) is 22.6. The molecule has 0 aromatic rings. The Balaban J connectivity index is 2.31. The van der Waals surface area contributed by atoms with Gasteiger partial charge in [-0.05, 0) is 12.8 Å². The van der Waals surface area contributed by atoms with Crippen LogP contribution >= 0.6 is 0 Å². The number of carbonyl (C=O) groups excluding carboxylic acids is 2. The highest BCUT2D eigenvalue weighted by Crippen LogP contribution is 2.39. The predicted octanol–water partition coefficient (Wildman–Crippen LogP) is 0.975. The highest BCUT2D eigenvalue weighted by Gasteiger charge is 2.43. The summed E-state index contributed by atoms with van der Waals surface area (Å²) in [6.07, 6.45) is 3.26. The molecule has 2 N–H and O–H groups in total. The minimum Gasteiger partial charge on any atom is -0.338 e. The Hall–Kier alpha value is -1.25. The van der Waals surface area contributed by atoms with Crippen LogP contribution in [0.2, 0.25) is 0 Å². The molecule has 1 unspecified atom stereocenters. The highest BCUT2D eigenvalue weighted by atomic mass is 32.2. The van der Waals surface area contributed by atoms with Crippen LogP contribution in [0.5, 0.6) is 0 Å². The van der Waals surface area contributed by atoms with Crippen molar-refractivity contribution in [1.29, 1.82) is 0 Å². The lowest BCUT2D eigenvalue weighted by atomic mass is 10.1. The molecule has 1 aliphatic carbocycles. The molecule has 1 rings (SSSR count). The van der Waals surface area contributed by atoms with E-state index in [2.05, 4.69) is 15.0 Å². The molecule has 0 aromatic carbocycles. The average molecular weight is 311 g/mol. The molecule has 0 heterocycles. The molecule has 9 heteroatoms. The van der Waals surface area contributed by atoms with Gasteiger partial charge in [-0.3, -0.25) is 4.79 Å². The molecular weight excluding hydrogens is 292 g/mol. The smallest absolute Gasteiger partial charge is 0.315 e. The van der Waals surface area contributed by atoms with Gasteiger partial charge in [-0.25, -0.2) is 17.8 Å². The number of rotatable bonds is 4. The molecule has 0 spiro atoms. The van der Waals surface area contributed by atoms with Gasteiger partial charge in [0.25, 0.3) is 11.8 Å². The van der Waals surface area contributed by atoms with Crippen LogP contribution in [0.25, 0.3) is 0 Å². The van der Waals surface area contributed by atoms with Crippen LogP contribution in [0, 0.1) is 5.92 Å². The number of amides is 3. The van der Waals surface area contributed by atoms with E-state index in [1.807, 2.05) is 0 Å². The summed E-state index contributed by atoms with van der Waals surface area (Å²) in [6, 6.07) is -0.713. The number of alkyl halides is 2. The first-order valence-electron chi connectivity index (χ1n) is 6.19. The van der Waals surface area contributed by atoms with Crippen LogP contribution in [0.3, 0.4) is 0 Å². The van der Waals surface area contributed by atoms with Gasteiger partial charge in [0.15, 0.2) is 0 Å². The van der Waals surface area contributed by atoms with E-state index < -0.39 is 40.1 Å². The van der Waals surface area contributed by atoms with E-state index in [-0.39, 0.29) is 13.0 Å². The van der Waals surface area contributed by atoms with Crippen molar-refractivity contribution in [3.8, 4) is 0 Å². The van der Waals surface area contributed by atoms with Gasteiger partial charge in [0.2, 0.25) is 0 Å². The topological polar surface area (TPSA) is 87.6 Å². The minimum atomic E-state index is -2.74. The maximum atomic E-state index is 13.3. The quantitative estimate of drug-likeness (QED) is 0.811. The zero-order chi connectivity index (χ0) is 15.4. The second-order valence-corrected chi connectivity index (χ2v) is 7.63. The standard InChI is InChI=1S/C11H19F2N3O3S/c1-20(2,19)16-9(17)7-15-10(18)14-6-8-4-3-5-11(8,12)13/h8H,3-7H2,1-2H3,(H2,14,15,18). The molecule has 1 aliphatic rings. The fourth-order valence-electron chi connectivity index (χ4n) is 1.96. The summed E-state index contributed by atoms with van der Waals surface area (Å²) in [5.74, 6) is -4.33. The van der Waals surface area contributed by atoms with Crippen LogP contribution in [-0.2, 0) is 14.5 Å². The molecule has 1 saturated carbocycles. The first kappa shape index (κ1) is 16.8. The van der Waals surface area contributed by atoms with Crippen molar-refractivity contribution in [3.63, 3.8) is 0 Å². The van der Waals surface area contributed by atoms with Crippen LogP contribution < -0.4 is 10.6 Å². The molecule has 20 heavy (non-hydrogen) atoms. The number of carbonyl (C=O) groups is 2. The van der Waals surface area contributed by atoms with Gasteiger partial charge < -0.3 is 10.6 Å². The number of hydrogen-bond acceptors (Lipinski definition) is 3. The summed E-state index contributed by atoms with van der Waals surface area (Å²) in [6.45, 7) is -0.548. The van der Waals surface area contributed by atoms with Crippen LogP contribution in [0.4, 0.5) is 13.6 Å². The molecule has 3 amide bonds. The van der Waals surface area contributed by atoms with Gasteiger partial charge in [-0.2, -0.15) is 4.36 Å². The molecule has 0 aromatic heterocycles. The molecule has 0 bridgehead atoms. The first-order chi connectivity index (χ1) is 9.10. The predicted molar refractivity (Wildman–Crippen MR) is 71.1 cm³/mol. The molecule has 6 nitrogen and oxygen atoms in total. The number of halogens is 2. The largest absolute Gasteiger partial charge is 0.338 e. The SMILES string of the molecule is CS(C)(=O)=NC(=O)CNC(=O)NCC1CCCC1(F)F. The third-order valence-corrected chi connectivity index (χ3v) is 3.53. The summed E-state index contributed by atoms with van der Waals surface area (Å²) in [7, 11) is -2.56. The lowest BCUT2D eigenvalue weighted by molar-refractivity contribution is -0.116. The van der Waals surface area contributed by atoms with Gasteiger partial charge in [-0.15, -0.1) is 0 Å². The Morgan fingerprint density at radius 3 is 2.50 bits per heavy atom. The summed E-state index contributed by atoms with van der Waals surface area (Å²) in [5.41, 5.74) is 0. The number of urea groups is 1. The average Bonchev–Trinajstić information content (AvgIpc) is 2.60. The fraction of sp³-hybridized carbons (Fsp3) is 0.818. The van der Waals surface area contributed by atoms with Gasteiger partial charge in [0.1, 0.15) is 6.54 Å². The van der Waals surface area contributed by atoms with Crippen molar-refractivity contribution in [2.75, 3.05) is 25.6 Å². The van der Waals surface area contributed by atoms with E-state index in [0.29, 0.717) is 12.8 Å². The second kappa shape index (κ2) is 6.47. The van der Waals surface area contributed by atoms with Crippen LogP contribution in [0.15, 0.2) is 4.36 Å². The second-order valence-electron chi connectivity index (χ2n) is 5.08. The van der Waals surface area contributed by atoms with E-state index in [4.69, 9.17) is 0 Å². The summed E-state index contributed by atoms with van der Waals surface area (Å²) >= 11 is 0. The molecular formula is C11H19F2N3O3S. The van der Waals surface area contributed by atoms with Crippen molar-refractivity contribution in [3.05, 3.63) is 0 Å². The highest BCUT2D eigenvalue weighted by molar-refractivity contribution is 7.92. The number of nitrogens with zero attached hydrogens (tertiary/aromatic N) is 1. The molecule has 0 aliphatic heterocycles. The number of hydrogen-bond donors (Lipinski definition) is 2. The zero-order valence-corrected chi connectivity index (χ0v) is 12.3. The lowest BCUT2D eigenvalue weighted by Gasteiger charge is -2.19. The molecule has 1 atom stereocenters. The summed E-state index contributed by atoms with van der Waals surface area (Å²) < 4.78 is 41.2. The van der Waals surface area contributed by atoms with Crippen molar-refractivity contribution in [2.45, 2.75) is 25.2 Å². The van der Waals surface area contributed by atoms with Crippen molar-refractivity contribution in [2.24, 2.45) is 10.3 Å². The minimum absolute atomic E-state index is 0.136. The zero-order valence-electron chi connectivity index (χ0n) is 11.4. The third kappa shape index (κ3) is 5.81. The van der Waals surface area contributed by atoms with E-state index in [1.54, 1.807) is 0 Å². The Morgan fingerprint density at radius 2 is 2.00 bits per heavy atom. The van der Waals surface area contributed by atoms with E-state index >= 15 is 0 Å². The Kier molecular flexibility index (Phi) is 5.43. The van der Waals surface area contributed by atoms with Crippen molar-refractivity contribution < 1.29 is 22.6 Å². The lowest BCUT2D eigenvalue weighted by Crippen LogP contribution is -2.42. The third-order valence-electron chi connectivity index (χ3n) is 2.89. The monoisotopic (exact) mass is 311 g/mol. The van der Waals surface area contributed by atoms with Gasteiger partial charge in [-0.1, -0.05) is 0 Å². The maximum absolute atomic E-state index is 13.3. The van der Waals surface area contributed by atoms with Gasteiger partial charge in [0, 0.05) is 41.1 Å². The first-order valence-corrected chi connectivity index (χ1v) is 8.53. The van der Waals surface area contributed by atoms with Crippen molar-refractivity contribution in [1.82, 2.24) is 10.6 Å². The normalized spacial score (nSPS) is 21.3. The Bertz CT molecular complexity index is 493. The van der Waals surface area contributed by atoms with Crippen molar-refractivity contribution >= 4 is 21.7 Å². The molecule has 0 saturated heterocycles. The summed E-state index contributed by atoms with van der Waals surface area (Å²) in [5, 5.41) is 4.50. The fourth-order valence-corrected chi connectivity index (χ4v) is 2.52. The maximum Gasteiger partial charge on any atom is 0.315 e. The van der Waals surface area contributed by atoms with Gasteiger partial charge >= 0.3 is 6.03 Å². The van der Waals surface area contributed by atoms with Crippen LogP contribution in [-0.4, -0.2) is 47.7 Å². The van der Waals surface area contributed by atoms with Crippen LogP contribution in [0.1, 0.15) is 19.3 Å². The Morgan fingerprint density at radius 1 is 1.35 bits per heavy atom. The molecule has 0 radical (unpaired) electrons. The molecule has 1 fully saturated rings. The van der Waals surface area contributed by atoms with E-state index in [1.165, 1.54) is 12.5 Å².